The third-order valence-electron chi connectivity index (χ3n) is 4.42. The molecule has 3 rings (SSSR count). The summed E-state index contributed by atoms with van der Waals surface area (Å²) < 4.78 is 0. The Kier molecular flexibility index (Phi) is 6.87. The zero-order valence-electron chi connectivity index (χ0n) is 15.7. The molecule has 0 heterocycles. The average Bonchev–Trinajstić information content (AvgIpc) is 2.73. The van der Waals surface area contributed by atoms with Gasteiger partial charge >= 0.3 is 0 Å². The molecule has 3 aromatic rings. The van der Waals surface area contributed by atoms with E-state index in [0.29, 0.717) is 34.8 Å². The third-order valence-corrected chi connectivity index (χ3v) is 4.75. The summed E-state index contributed by atoms with van der Waals surface area (Å²) in [4.78, 5) is 24.5. The summed E-state index contributed by atoms with van der Waals surface area (Å²) in [7, 11) is 0. The fourth-order valence-corrected chi connectivity index (χ4v) is 3.08. The van der Waals surface area contributed by atoms with Crippen molar-refractivity contribution in [1.29, 1.82) is 0 Å². The first-order valence-corrected chi connectivity index (χ1v) is 9.63. The van der Waals surface area contributed by atoms with Gasteiger partial charge in [0, 0.05) is 17.8 Å². The van der Waals surface area contributed by atoms with Gasteiger partial charge in [-0.2, -0.15) is 0 Å². The molecule has 29 heavy (non-hydrogen) atoms. The zero-order valence-corrected chi connectivity index (χ0v) is 16.4. The second-order valence-corrected chi connectivity index (χ2v) is 6.91. The SMILES string of the molecule is O=C(NCCCc1ccccc1O)c1ccc(NC(=O)c2ccccc2Cl)cc1. The Morgan fingerprint density at radius 2 is 1.55 bits per heavy atom. The lowest BCUT2D eigenvalue weighted by Gasteiger charge is -2.09. The summed E-state index contributed by atoms with van der Waals surface area (Å²) in [5.41, 5.74) is 2.33. The molecule has 0 unspecified atom stereocenters. The predicted molar refractivity (Wildman–Crippen MR) is 115 cm³/mol. The average molecular weight is 409 g/mol. The second-order valence-electron chi connectivity index (χ2n) is 6.50. The molecule has 0 fully saturated rings. The number of amides is 2. The minimum Gasteiger partial charge on any atom is -0.508 e. The third kappa shape index (κ3) is 5.59. The lowest BCUT2D eigenvalue weighted by molar-refractivity contribution is 0.0952. The summed E-state index contributed by atoms with van der Waals surface area (Å²) in [6.45, 7) is 0.498. The predicted octanol–water partition coefficient (Wildman–Crippen LogP) is 4.66. The number of phenolic OH excluding ortho intramolecular Hbond substituents is 1. The molecule has 0 bridgehead atoms. The van der Waals surface area contributed by atoms with E-state index in [9.17, 15) is 14.7 Å². The molecular formula is C23H21ClN2O3. The molecule has 0 saturated carbocycles. The van der Waals surface area contributed by atoms with Gasteiger partial charge in [0.1, 0.15) is 5.75 Å². The van der Waals surface area contributed by atoms with Crippen molar-refractivity contribution in [3.63, 3.8) is 0 Å². The summed E-state index contributed by atoms with van der Waals surface area (Å²) >= 11 is 6.03. The van der Waals surface area contributed by atoms with Crippen LogP contribution in [0.15, 0.2) is 72.8 Å². The van der Waals surface area contributed by atoms with Crippen molar-refractivity contribution < 1.29 is 14.7 Å². The Morgan fingerprint density at radius 3 is 2.28 bits per heavy atom. The molecule has 0 spiro atoms. The van der Waals surface area contributed by atoms with Crippen LogP contribution in [0.3, 0.4) is 0 Å². The summed E-state index contributed by atoms with van der Waals surface area (Å²) in [6.07, 6.45) is 1.40. The molecule has 0 radical (unpaired) electrons. The van der Waals surface area contributed by atoms with Crippen LogP contribution in [0.4, 0.5) is 5.69 Å². The lowest BCUT2D eigenvalue weighted by atomic mass is 10.1. The largest absolute Gasteiger partial charge is 0.508 e. The van der Waals surface area contributed by atoms with Gasteiger partial charge in [0.15, 0.2) is 0 Å². The van der Waals surface area contributed by atoms with Crippen molar-refractivity contribution in [3.8, 4) is 5.75 Å². The van der Waals surface area contributed by atoms with E-state index in [0.717, 1.165) is 12.0 Å². The first kappa shape index (κ1) is 20.4. The van der Waals surface area contributed by atoms with E-state index in [2.05, 4.69) is 10.6 Å². The molecule has 0 aliphatic rings. The Balaban J connectivity index is 1.49. The van der Waals surface area contributed by atoms with Gasteiger partial charge in [0.2, 0.25) is 0 Å². The van der Waals surface area contributed by atoms with Crippen LogP contribution in [0.1, 0.15) is 32.7 Å². The van der Waals surface area contributed by atoms with Gasteiger partial charge in [-0.3, -0.25) is 9.59 Å². The highest BCUT2D eigenvalue weighted by Gasteiger charge is 2.11. The fraction of sp³-hybridized carbons (Fsp3) is 0.130. The molecule has 3 N–H and O–H groups in total. The number of phenols is 1. The van der Waals surface area contributed by atoms with Crippen molar-refractivity contribution in [3.05, 3.63) is 94.5 Å². The minimum absolute atomic E-state index is 0.189. The van der Waals surface area contributed by atoms with Crippen LogP contribution in [-0.2, 0) is 6.42 Å². The standard InChI is InChI=1S/C23H21ClN2O3/c24-20-9-3-2-8-19(20)23(29)26-18-13-11-17(12-14-18)22(28)25-15-5-7-16-6-1-4-10-21(16)27/h1-4,6,8-14,27H,5,7,15H2,(H,25,28)(H,26,29). The number of rotatable bonds is 7. The van der Waals surface area contributed by atoms with Crippen LogP contribution < -0.4 is 10.6 Å². The Morgan fingerprint density at radius 1 is 0.862 bits per heavy atom. The normalized spacial score (nSPS) is 10.4. The Bertz CT molecular complexity index is 1000. The van der Waals surface area contributed by atoms with E-state index in [1.807, 2.05) is 12.1 Å². The van der Waals surface area contributed by atoms with E-state index in [1.54, 1.807) is 60.7 Å². The molecule has 0 aliphatic heterocycles. The number of hydrogen-bond donors (Lipinski definition) is 3. The van der Waals surface area contributed by atoms with Crippen LogP contribution in [0.5, 0.6) is 5.75 Å². The van der Waals surface area contributed by atoms with Crippen LogP contribution in [0.25, 0.3) is 0 Å². The fourth-order valence-electron chi connectivity index (χ4n) is 2.85. The number of aromatic hydroxyl groups is 1. The molecule has 5 nitrogen and oxygen atoms in total. The first-order chi connectivity index (χ1) is 14.0. The first-order valence-electron chi connectivity index (χ1n) is 9.25. The number of aryl methyl sites for hydroxylation is 1. The van der Waals surface area contributed by atoms with Crippen molar-refractivity contribution in [2.24, 2.45) is 0 Å². The van der Waals surface area contributed by atoms with Crippen molar-refractivity contribution in [2.75, 3.05) is 11.9 Å². The lowest BCUT2D eigenvalue weighted by Crippen LogP contribution is -2.24. The van der Waals surface area contributed by atoms with Crippen molar-refractivity contribution in [2.45, 2.75) is 12.8 Å². The Labute approximate surface area is 174 Å². The van der Waals surface area contributed by atoms with Crippen molar-refractivity contribution >= 4 is 29.1 Å². The number of carbonyl (C=O) groups excluding carboxylic acids is 2. The minimum atomic E-state index is -0.308. The zero-order chi connectivity index (χ0) is 20.6. The van der Waals surface area contributed by atoms with Crippen LogP contribution in [-0.4, -0.2) is 23.5 Å². The molecule has 2 amide bonds. The maximum absolute atomic E-state index is 12.3. The highest BCUT2D eigenvalue weighted by molar-refractivity contribution is 6.34. The molecule has 3 aromatic carbocycles. The smallest absolute Gasteiger partial charge is 0.257 e. The molecule has 0 aromatic heterocycles. The number of para-hydroxylation sites is 1. The quantitative estimate of drug-likeness (QED) is 0.497. The molecule has 6 heteroatoms. The van der Waals surface area contributed by atoms with E-state index in [4.69, 9.17) is 11.6 Å². The number of halogens is 1. The summed E-state index contributed by atoms with van der Waals surface area (Å²) in [6, 6.07) is 20.6. The van der Waals surface area contributed by atoms with Gasteiger partial charge in [-0.15, -0.1) is 0 Å². The van der Waals surface area contributed by atoms with Crippen molar-refractivity contribution in [1.82, 2.24) is 5.32 Å². The molecular weight excluding hydrogens is 388 g/mol. The number of carbonyl (C=O) groups is 2. The van der Waals surface area contributed by atoms with Gasteiger partial charge in [0.25, 0.3) is 11.8 Å². The molecule has 0 atom stereocenters. The summed E-state index contributed by atoms with van der Waals surface area (Å²) in [5.74, 6) is -0.225. The molecule has 0 aliphatic carbocycles. The van der Waals surface area contributed by atoms with Crippen LogP contribution in [0.2, 0.25) is 5.02 Å². The Hall–Kier alpha value is -3.31. The van der Waals surface area contributed by atoms with E-state index in [-0.39, 0.29) is 17.6 Å². The molecule has 148 valence electrons. The monoisotopic (exact) mass is 408 g/mol. The van der Waals surface area contributed by atoms with Crippen LogP contribution in [0, 0.1) is 0 Å². The van der Waals surface area contributed by atoms with Gasteiger partial charge in [-0.1, -0.05) is 41.9 Å². The van der Waals surface area contributed by atoms with Gasteiger partial charge in [-0.05, 0) is 60.9 Å². The highest BCUT2D eigenvalue weighted by atomic mass is 35.5. The van der Waals surface area contributed by atoms with Gasteiger partial charge in [-0.25, -0.2) is 0 Å². The van der Waals surface area contributed by atoms with Crippen LogP contribution >= 0.6 is 11.6 Å². The maximum Gasteiger partial charge on any atom is 0.257 e. The topological polar surface area (TPSA) is 78.4 Å². The number of anilines is 1. The molecule has 0 saturated heterocycles. The van der Waals surface area contributed by atoms with E-state index < -0.39 is 0 Å². The number of benzene rings is 3. The summed E-state index contributed by atoms with van der Waals surface area (Å²) in [5, 5.41) is 15.7. The maximum atomic E-state index is 12.3. The van der Waals surface area contributed by atoms with Gasteiger partial charge < -0.3 is 15.7 Å². The van der Waals surface area contributed by atoms with E-state index >= 15 is 0 Å². The van der Waals surface area contributed by atoms with E-state index in [1.165, 1.54) is 0 Å². The highest BCUT2D eigenvalue weighted by Crippen LogP contribution is 2.18. The van der Waals surface area contributed by atoms with Gasteiger partial charge in [0.05, 0.1) is 10.6 Å². The second kappa shape index (κ2) is 9.75. The number of nitrogens with one attached hydrogen (secondary N) is 2. The number of hydrogen-bond acceptors (Lipinski definition) is 3.